The third kappa shape index (κ3) is 4.27. The Bertz CT molecular complexity index is 742. The van der Waals surface area contributed by atoms with Gasteiger partial charge in [0.1, 0.15) is 11.3 Å². The van der Waals surface area contributed by atoms with Gasteiger partial charge >= 0.3 is 5.97 Å². The van der Waals surface area contributed by atoms with Gasteiger partial charge in [-0.25, -0.2) is 4.79 Å². The molecule has 0 unspecified atom stereocenters. The fourth-order valence-electron chi connectivity index (χ4n) is 1.72. The molecule has 2 aromatic carbocycles. The molecule has 0 bridgehead atoms. The molecule has 0 spiro atoms. The van der Waals surface area contributed by atoms with Crippen molar-refractivity contribution in [3.05, 3.63) is 64.2 Å². The first-order valence-corrected chi connectivity index (χ1v) is 6.47. The Kier molecular flexibility index (Phi) is 4.88. The lowest BCUT2D eigenvalue weighted by atomic mass is 10.2. The Morgan fingerprint density at radius 3 is 2.39 bits per heavy atom. The van der Waals surface area contributed by atoms with Gasteiger partial charge in [-0.05, 0) is 24.3 Å². The van der Waals surface area contributed by atoms with Crippen molar-refractivity contribution in [2.45, 2.75) is 0 Å². The summed E-state index contributed by atoms with van der Waals surface area (Å²) in [5, 5.41) is 22.4. The zero-order chi connectivity index (χ0) is 16.8. The molecular weight excluding hydrogens is 304 g/mol. The number of hydrogen-bond donors (Lipinski definition) is 2. The SMILES string of the molecule is O=C(COC(=O)c1ccccc1O)Nc1ccc([N+](=O)[O-])cc1. The Balaban J connectivity index is 1.89. The first-order chi connectivity index (χ1) is 11.0. The Hall–Kier alpha value is -3.42. The van der Waals surface area contributed by atoms with E-state index in [4.69, 9.17) is 4.74 Å². The lowest BCUT2D eigenvalue weighted by Gasteiger charge is -2.07. The van der Waals surface area contributed by atoms with Crippen LogP contribution in [0.5, 0.6) is 5.75 Å². The minimum absolute atomic E-state index is 0.0457. The van der Waals surface area contributed by atoms with Crippen LogP contribution < -0.4 is 5.32 Å². The lowest BCUT2D eigenvalue weighted by Crippen LogP contribution is -2.20. The van der Waals surface area contributed by atoms with Crippen LogP contribution in [-0.2, 0) is 9.53 Å². The van der Waals surface area contributed by atoms with Gasteiger partial charge in [0.25, 0.3) is 11.6 Å². The minimum atomic E-state index is -0.832. The molecule has 118 valence electrons. The molecule has 0 saturated carbocycles. The lowest BCUT2D eigenvalue weighted by molar-refractivity contribution is -0.384. The van der Waals surface area contributed by atoms with Crippen molar-refractivity contribution in [3.8, 4) is 5.75 Å². The zero-order valence-corrected chi connectivity index (χ0v) is 11.8. The number of para-hydroxylation sites is 1. The predicted octanol–water partition coefficient (Wildman–Crippen LogP) is 2.10. The molecule has 0 aliphatic rings. The van der Waals surface area contributed by atoms with Crippen molar-refractivity contribution in [2.24, 2.45) is 0 Å². The normalized spacial score (nSPS) is 9.91. The molecule has 0 aliphatic carbocycles. The molecule has 0 atom stereocenters. The molecule has 0 aliphatic heterocycles. The summed E-state index contributed by atoms with van der Waals surface area (Å²) in [5.74, 6) is -1.68. The second-order valence-electron chi connectivity index (χ2n) is 4.45. The van der Waals surface area contributed by atoms with E-state index >= 15 is 0 Å². The molecule has 0 radical (unpaired) electrons. The number of benzene rings is 2. The molecule has 23 heavy (non-hydrogen) atoms. The number of ether oxygens (including phenoxy) is 1. The van der Waals surface area contributed by atoms with E-state index in [1.165, 1.54) is 36.4 Å². The number of nitro groups is 1. The first kappa shape index (κ1) is 16.0. The van der Waals surface area contributed by atoms with Crippen molar-refractivity contribution >= 4 is 23.3 Å². The summed E-state index contributed by atoms with van der Waals surface area (Å²) in [7, 11) is 0. The average Bonchev–Trinajstić information content (AvgIpc) is 2.53. The molecule has 0 heterocycles. The fraction of sp³-hybridized carbons (Fsp3) is 0.0667. The molecule has 0 saturated heterocycles. The van der Waals surface area contributed by atoms with Crippen LogP contribution in [0.3, 0.4) is 0 Å². The summed E-state index contributed by atoms with van der Waals surface area (Å²) in [6.45, 7) is -0.551. The summed E-state index contributed by atoms with van der Waals surface area (Å²) < 4.78 is 4.79. The molecule has 2 rings (SSSR count). The van der Waals surface area contributed by atoms with E-state index in [0.29, 0.717) is 5.69 Å². The summed E-state index contributed by atoms with van der Waals surface area (Å²) >= 11 is 0. The third-order valence-corrected chi connectivity index (χ3v) is 2.82. The number of nitrogens with zero attached hydrogens (tertiary/aromatic N) is 1. The summed E-state index contributed by atoms with van der Waals surface area (Å²) in [5.41, 5.74) is 0.184. The van der Waals surface area contributed by atoms with E-state index in [2.05, 4.69) is 5.32 Å². The van der Waals surface area contributed by atoms with Gasteiger partial charge in [0.05, 0.1) is 4.92 Å². The van der Waals surface area contributed by atoms with Crippen molar-refractivity contribution in [2.75, 3.05) is 11.9 Å². The Labute approximate surface area is 130 Å². The first-order valence-electron chi connectivity index (χ1n) is 6.47. The van der Waals surface area contributed by atoms with E-state index in [1.54, 1.807) is 12.1 Å². The van der Waals surface area contributed by atoms with Gasteiger partial charge in [0, 0.05) is 17.8 Å². The number of nitrogens with one attached hydrogen (secondary N) is 1. The number of nitro benzene ring substituents is 1. The highest BCUT2D eigenvalue weighted by molar-refractivity contribution is 5.96. The number of rotatable bonds is 5. The monoisotopic (exact) mass is 316 g/mol. The van der Waals surface area contributed by atoms with Crippen LogP contribution in [0.25, 0.3) is 0 Å². The minimum Gasteiger partial charge on any atom is -0.507 e. The number of carbonyl (C=O) groups is 2. The molecule has 2 N–H and O–H groups in total. The Morgan fingerprint density at radius 1 is 1.13 bits per heavy atom. The summed E-state index contributed by atoms with van der Waals surface area (Å²) in [6.07, 6.45) is 0. The van der Waals surface area contributed by atoms with Gasteiger partial charge in [-0.3, -0.25) is 14.9 Å². The number of phenolic OH excluding ortho intramolecular Hbond substituents is 1. The molecule has 8 heteroatoms. The van der Waals surface area contributed by atoms with E-state index < -0.39 is 23.4 Å². The summed E-state index contributed by atoms with van der Waals surface area (Å²) in [4.78, 5) is 33.3. The van der Waals surface area contributed by atoms with Gasteiger partial charge in [-0.1, -0.05) is 12.1 Å². The summed E-state index contributed by atoms with van der Waals surface area (Å²) in [6, 6.07) is 11.0. The van der Waals surface area contributed by atoms with Gasteiger partial charge < -0.3 is 15.2 Å². The molecule has 8 nitrogen and oxygen atoms in total. The number of esters is 1. The maximum Gasteiger partial charge on any atom is 0.342 e. The smallest absolute Gasteiger partial charge is 0.342 e. The van der Waals surface area contributed by atoms with Crippen LogP contribution in [0.1, 0.15) is 10.4 Å². The van der Waals surface area contributed by atoms with Crippen molar-refractivity contribution < 1.29 is 24.4 Å². The fourth-order valence-corrected chi connectivity index (χ4v) is 1.72. The largest absolute Gasteiger partial charge is 0.507 e. The van der Waals surface area contributed by atoms with Crippen molar-refractivity contribution in [1.29, 1.82) is 0 Å². The van der Waals surface area contributed by atoms with Crippen molar-refractivity contribution in [3.63, 3.8) is 0 Å². The maximum atomic E-state index is 11.7. The highest BCUT2D eigenvalue weighted by Crippen LogP contribution is 2.17. The number of aromatic hydroxyl groups is 1. The van der Waals surface area contributed by atoms with Gasteiger partial charge in [0.15, 0.2) is 6.61 Å². The van der Waals surface area contributed by atoms with E-state index in [-0.39, 0.29) is 17.0 Å². The van der Waals surface area contributed by atoms with Crippen LogP contribution in [-0.4, -0.2) is 28.5 Å². The molecule has 2 aromatic rings. The standard InChI is InChI=1S/C15H12N2O6/c18-13-4-2-1-3-12(13)15(20)23-9-14(19)16-10-5-7-11(8-6-10)17(21)22/h1-8,18H,9H2,(H,16,19). The van der Waals surface area contributed by atoms with Gasteiger partial charge in [-0.15, -0.1) is 0 Å². The predicted molar refractivity (Wildman–Crippen MR) is 80.1 cm³/mol. The van der Waals surface area contributed by atoms with Crippen LogP contribution in [0.2, 0.25) is 0 Å². The van der Waals surface area contributed by atoms with Gasteiger partial charge in [0.2, 0.25) is 0 Å². The number of carbonyl (C=O) groups excluding carboxylic acids is 2. The third-order valence-electron chi connectivity index (χ3n) is 2.82. The highest BCUT2D eigenvalue weighted by Gasteiger charge is 2.14. The molecule has 0 fully saturated rings. The molecule has 0 aromatic heterocycles. The molecule has 1 amide bonds. The Morgan fingerprint density at radius 2 is 1.78 bits per heavy atom. The number of anilines is 1. The number of amides is 1. The van der Waals surface area contributed by atoms with E-state index in [9.17, 15) is 24.8 Å². The van der Waals surface area contributed by atoms with Crippen molar-refractivity contribution in [1.82, 2.24) is 0 Å². The van der Waals surface area contributed by atoms with Crippen LogP contribution in [0.4, 0.5) is 11.4 Å². The molecular formula is C15H12N2O6. The van der Waals surface area contributed by atoms with Crippen LogP contribution in [0, 0.1) is 10.1 Å². The number of non-ortho nitro benzene ring substituents is 1. The highest BCUT2D eigenvalue weighted by atomic mass is 16.6. The van der Waals surface area contributed by atoms with E-state index in [1.807, 2.05) is 0 Å². The topological polar surface area (TPSA) is 119 Å². The number of phenols is 1. The van der Waals surface area contributed by atoms with Gasteiger partial charge in [-0.2, -0.15) is 0 Å². The van der Waals surface area contributed by atoms with Crippen LogP contribution in [0.15, 0.2) is 48.5 Å². The average molecular weight is 316 g/mol. The maximum absolute atomic E-state index is 11.7. The van der Waals surface area contributed by atoms with E-state index in [0.717, 1.165) is 0 Å². The quantitative estimate of drug-likeness (QED) is 0.495. The zero-order valence-electron chi connectivity index (χ0n) is 11.8. The number of hydrogen-bond acceptors (Lipinski definition) is 6. The second-order valence-corrected chi connectivity index (χ2v) is 4.45. The van der Waals surface area contributed by atoms with Crippen LogP contribution >= 0.6 is 0 Å². The second kappa shape index (κ2) is 7.03.